The summed E-state index contributed by atoms with van der Waals surface area (Å²) in [5.74, 6) is 1.43. The number of carbonyl (C=O) groups is 1. The van der Waals surface area contributed by atoms with Gasteiger partial charge in [0.2, 0.25) is 5.91 Å². The van der Waals surface area contributed by atoms with Crippen molar-refractivity contribution in [1.82, 2.24) is 5.32 Å². The van der Waals surface area contributed by atoms with Crippen molar-refractivity contribution in [2.75, 3.05) is 19.8 Å². The summed E-state index contributed by atoms with van der Waals surface area (Å²) < 4.78 is 5.48. The van der Waals surface area contributed by atoms with Crippen LogP contribution in [0.4, 0.5) is 0 Å². The Morgan fingerprint density at radius 3 is 2.58 bits per heavy atom. The van der Waals surface area contributed by atoms with Gasteiger partial charge in [0, 0.05) is 13.0 Å². The van der Waals surface area contributed by atoms with Crippen molar-refractivity contribution >= 4 is 5.91 Å². The van der Waals surface area contributed by atoms with Crippen LogP contribution >= 0.6 is 0 Å². The highest BCUT2D eigenvalue weighted by Gasteiger charge is 2.30. The Labute approximate surface area is 116 Å². The van der Waals surface area contributed by atoms with Crippen LogP contribution in [0.2, 0.25) is 0 Å². The van der Waals surface area contributed by atoms with Crippen LogP contribution in [-0.2, 0) is 9.53 Å². The zero-order valence-corrected chi connectivity index (χ0v) is 12.1. The summed E-state index contributed by atoms with van der Waals surface area (Å²) in [4.78, 5) is 12.1. The van der Waals surface area contributed by atoms with Crippen molar-refractivity contribution in [3.63, 3.8) is 0 Å². The van der Waals surface area contributed by atoms with Crippen molar-refractivity contribution in [1.29, 1.82) is 0 Å². The largest absolute Gasteiger partial charge is 0.379 e. The van der Waals surface area contributed by atoms with E-state index in [4.69, 9.17) is 10.5 Å². The fraction of sp³-hybridized carbons (Fsp3) is 0.933. The van der Waals surface area contributed by atoms with Crippen LogP contribution in [0.25, 0.3) is 0 Å². The van der Waals surface area contributed by atoms with Crippen LogP contribution in [0.5, 0.6) is 0 Å². The van der Waals surface area contributed by atoms with Crippen molar-refractivity contribution in [2.24, 2.45) is 17.6 Å². The molecule has 0 radical (unpaired) electrons. The Balaban J connectivity index is 1.72. The molecule has 0 aromatic rings. The molecule has 0 aromatic heterocycles. The van der Waals surface area contributed by atoms with Gasteiger partial charge in [0.1, 0.15) is 0 Å². The van der Waals surface area contributed by atoms with Crippen LogP contribution in [0, 0.1) is 11.8 Å². The van der Waals surface area contributed by atoms with Gasteiger partial charge < -0.3 is 15.8 Å². The fourth-order valence-electron chi connectivity index (χ4n) is 3.35. The highest BCUT2D eigenvalue weighted by Crippen LogP contribution is 2.30. The predicted octanol–water partition coefficient (Wildman–Crippen LogP) is 1.83. The first-order chi connectivity index (χ1) is 9.11. The molecular formula is C15H28N2O2. The van der Waals surface area contributed by atoms with Crippen LogP contribution in [-0.4, -0.2) is 31.2 Å². The lowest BCUT2D eigenvalue weighted by atomic mass is 9.80. The van der Waals surface area contributed by atoms with Crippen LogP contribution < -0.4 is 11.1 Å². The predicted molar refractivity (Wildman–Crippen MR) is 75.7 cm³/mol. The van der Waals surface area contributed by atoms with Gasteiger partial charge >= 0.3 is 0 Å². The molecule has 2 aliphatic rings. The Bertz CT molecular complexity index is 293. The molecule has 4 heteroatoms. The van der Waals surface area contributed by atoms with Crippen molar-refractivity contribution in [3.05, 3.63) is 0 Å². The van der Waals surface area contributed by atoms with Crippen LogP contribution in [0.15, 0.2) is 0 Å². The third-order valence-corrected chi connectivity index (χ3v) is 4.65. The molecule has 1 heterocycles. The molecule has 0 aromatic carbocycles. The zero-order chi connectivity index (χ0) is 13.7. The SMILES string of the molecule is CC1(NC(=O)CC2CCC(CN)CC2)CCCOC1. The maximum atomic E-state index is 12.1. The third kappa shape index (κ3) is 4.46. The summed E-state index contributed by atoms with van der Waals surface area (Å²) in [6.07, 6.45) is 7.43. The highest BCUT2D eigenvalue weighted by atomic mass is 16.5. The van der Waals surface area contributed by atoms with Gasteiger partial charge in [-0.2, -0.15) is 0 Å². The topological polar surface area (TPSA) is 64.4 Å². The number of carbonyl (C=O) groups excluding carboxylic acids is 1. The maximum absolute atomic E-state index is 12.1. The molecule has 19 heavy (non-hydrogen) atoms. The summed E-state index contributed by atoms with van der Waals surface area (Å²) in [6, 6.07) is 0. The Hall–Kier alpha value is -0.610. The molecule has 2 rings (SSSR count). The van der Waals surface area contributed by atoms with Crippen molar-refractivity contribution in [2.45, 2.75) is 57.4 Å². The lowest BCUT2D eigenvalue weighted by molar-refractivity contribution is -0.125. The van der Waals surface area contributed by atoms with Gasteiger partial charge in [-0.15, -0.1) is 0 Å². The lowest BCUT2D eigenvalue weighted by Gasteiger charge is -2.35. The average molecular weight is 268 g/mol. The third-order valence-electron chi connectivity index (χ3n) is 4.65. The van der Waals surface area contributed by atoms with Gasteiger partial charge in [-0.3, -0.25) is 4.79 Å². The molecule has 2 fully saturated rings. The number of hydrogen-bond acceptors (Lipinski definition) is 3. The highest BCUT2D eigenvalue weighted by molar-refractivity contribution is 5.77. The van der Waals surface area contributed by atoms with E-state index in [9.17, 15) is 4.79 Å². The number of amides is 1. The second kappa shape index (κ2) is 6.71. The molecular weight excluding hydrogens is 240 g/mol. The maximum Gasteiger partial charge on any atom is 0.220 e. The number of rotatable bonds is 4. The summed E-state index contributed by atoms with van der Waals surface area (Å²) >= 11 is 0. The molecule has 1 saturated carbocycles. The second-order valence-electron chi connectivity index (χ2n) is 6.59. The summed E-state index contributed by atoms with van der Waals surface area (Å²) in [6.45, 7) is 4.37. The first-order valence-electron chi connectivity index (χ1n) is 7.70. The second-order valence-corrected chi connectivity index (χ2v) is 6.59. The van der Waals surface area contributed by atoms with Crippen molar-refractivity contribution < 1.29 is 9.53 Å². The minimum Gasteiger partial charge on any atom is -0.379 e. The van der Waals surface area contributed by atoms with E-state index in [0.29, 0.717) is 24.9 Å². The molecule has 4 nitrogen and oxygen atoms in total. The lowest BCUT2D eigenvalue weighted by Crippen LogP contribution is -2.51. The standard InChI is InChI=1S/C15H28N2O2/c1-15(7-2-8-19-11-15)17-14(18)9-12-3-5-13(10-16)6-4-12/h12-13H,2-11,16H2,1H3,(H,17,18). The summed E-state index contributed by atoms with van der Waals surface area (Å²) in [5.41, 5.74) is 5.55. The average Bonchev–Trinajstić information content (AvgIpc) is 2.39. The van der Waals surface area contributed by atoms with Gasteiger partial charge in [0.25, 0.3) is 0 Å². The minimum atomic E-state index is -0.149. The van der Waals surface area contributed by atoms with E-state index in [-0.39, 0.29) is 11.4 Å². The molecule has 0 bridgehead atoms. The van der Waals surface area contributed by atoms with E-state index in [1.807, 2.05) is 0 Å². The fourth-order valence-corrected chi connectivity index (χ4v) is 3.35. The van der Waals surface area contributed by atoms with Gasteiger partial charge in [-0.05, 0) is 63.8 Å². The Morgan fingerprint density at radius 2 is 2.00 bits per heavy atom. The number of nitrogens with one attached hydrogen (secondary N) is 1. The zero-order valence-electron chi connectivity index (χ0n) is 12.1. The minimum absolute atomic E-state index is 0.149. The molecule has 1 unspecified atom stereocenters. The molecule has 3 N–H and O–H groups in total. The Morgan fingerprint density at radius 1 is 1.32 bits per heavy atom. The van der Waals surface area contributed by atoms with Crippen molar-refractivity contribution in [3.8, 4) is 0 Å². The normalized spacial score (nSPS) is 35.9. The quantitative estimate of drug-likeness (QED) is 0.817. The van der Waals surface area contributed by atoms with E-state index in [0.717, 1.165) is 38.8 Å². The molecule has 1 atom stereocenters. The summed E-state index contributed by atoms with van der Waals surface area (Å²) in [7, 11) is 0. The van der Waals surface area contributed by atoms with Gasteiger partial charge in [-0.1, -0.05) is 0 Å². The molecule has 110 valence electrons. The van der Waals surface area contributed by atoms with E-state index < -0.39 is 0 Å². The number of ether oxygens (including phenoxy) is 1. The molecule has 1 aliphatic carbocycles. The first kappa shape index (κ1) is 14.8. The van der Waals surface area contributed by atoms with Gasteiger partial charge in [-0.25, -0.2) is 0 Å². The smallest absolute Gasteiger partial charge is 0.220 e. The molecule has 0 spiro atoms. The van der Waals surface area contributed by atoms with E-state index in [2.05, 4.69) is 12.2 Å². The van der Waals surface area contributed by atoms with E-state index >= 15 is 0 Å². The van der Waals surface area contributed by atoms with Gasteiger partial charge in [0.15, 0.2) is 0 Å². The number of nitrogens with two attached hydrogens (primary N) is 1. The molecule has 1 amide bonds. The van der Waals surface area contributed by atoms with Crippen LogP contribution in [0.1, 0.15) is 51.9 Å². The summed E-state index contributed by atoms with van der Waals surface area (Å²) in [5, 5.41) is 3.18. The molecule has 1 saturated heterocycles. The monoisotopic (exact) mass is 268 g/mol. The van der Waals surface area contributed by atoms with E-state index in [1.54, 1.807) is 0 Å². The van der Waals surface area contributed by atoms with Crippen LogP contribution in [0.3, 0.4) is 0 Å². The molecule has 1 aliphatic heterocycles. The number of hydrogen-bond donors (Lipinski definition) is 2. The Kier molecular flexibility index (Phi) is 5.22. The van der Waals surface area contributed by atoms with Gasteiger partial charge in [0.05, 0.1) is 12.1 Å². The first-order valence-corrected chi connectivity index (χ1v) is 7.70. The van der Waals surface area contributed by atoms with E-state index in [1.165, 1.54) is 12.8 Å².